The van der Waals surface area contributed by atoms with Crippen LogP contribution in [0.5, 0.6) is 11.5 Å². The van der Waals surface area contributed by atoms with Crippen molar-refractivity contribution in [3.63, 3.8) is 0 Å². The second-order valence-corrected chi connectivity index (χ2v) is 11.0. The zero-order chi connectivity index (χ0) is 28.6. The Labute approximate surface area is 230 Å². The number of carbonyl (C=O) groups is 3. The Balaban J connectivity index is 1.96. The molecule has 0 bridgehead atoms. The van der Waals surface area contributed by atoms with Gasteiger partial charge in [-0.2, -0.15) is 0 Å². The highest BCUT2D eigenvalue weighted by molar-refractivity contribution is 5.92. The van der Waals surface area contributed by atoms with E-state index in [0.717, 1.165) is 32.1 Å². The number of rotatable bonds is 9. The molecule has 39 heavy (non-hydrogen) atoms. The average Bonchev–Trinajstić information content (AvgIpc) is 2.88. The van der Waals surface area contributed by atoms with Gasteiger partial charge in [0.15, 0.2) is 0 Å². The topological polar surface area (TPSA) is 128 Å². The summed E-state index contributed by atoms with van der Waals surface area (Å²) >= 11 is 0. The molecule has 212 valence electrons. The quantitative estimate of drug-likeness (QED) is 0.370. The van der Waals surface area contributed by atoms with Gasteiger partial charge < -0.3 is 30.5 Å². The fourth-order valence-electron chi connectivity index (χ4n) is 4.88. The fourth-order valence-corrected chi connectivity index (χ4v) is 4.88. The van der Waals surface area contributed by atoms with E-state index in [0.29, 0.717) is 11.1 Å². The Kier molecular flexibility index (Phi) is 10.2. The van der Waals surface area contributed by atoms with Gasteiger partial charge in [0.25, 0.3) is 0 Å². The van der Waals surface area contributed by atoms with Crippen LogP contribution in [0, 0.1) is 0 Å². The van der Waals surface area contributed by atoms with Crippen LogP contribution in [-0.2, 0) is 20.7 Å². The highest BCUT2D eigenvalue weighted by atomic mass is 16.6. The number of alkyl carbamates (subject to hydrolysis) is 1. The molecular weight excluding hydrogens is 498 g/mol. The number of aromatic hydroxyl groups is 2. The molecule has 1 aliphatic carbocycles. The summed E-state index contributed by atoms with van der Waals surface area (Å²) in [5, 5.41) is 26.2. The normalized spacial score (nSPS) is 15.6. The molecule has 2 atom stereocenters. The van der Waals surface area contributed by atoms with Crippen molar-refractivity contribution in [2.24, 2.45) is 0 Å². The molecule has 1 fully saturated rings. The molecule has 0 saturated heterocycles. The van der Waals surface area contributed by atoms with E-state index in [2.05, 4.69) is 10.6 Å². The summed E-state index contributed by atoms with van der Waals surface area (Å²) in [7, 11) is 0. The summed E-state index contributed by atoms with van der Waals surface area (Å²) in [5.74, 6) is -0.888. The van der Waals surface area contributed by atoms with Crippen LogP contribution in [0.4, 0.5) is 4.79 Å². The molecule has 3 amide bonds. The van der Waals surface area contributed by atoms with Gasteiger partial charge in [-0.3, -0.25) is 9.59 Å². The number of nitrogens with zero attached hydrogens (tertiary/aromatic N) is 1. The van der Waals surface area contributed by atoms with E-state index in [1.165, 1.54) is 23.1 Å². The number of nitrogens with one attached hydrogen (secondary N) is 2. The predicted molar refractivity (Wildman–Crippen MR) is 148 cm³/mol. The SMILES string of the molecule is CCN(C(=O)C(Cc1ccc(O)cc1)NC(=O)OC(C)(C)C)C(C(=O)NC1CCCCC1)c1ccccc1O. The van der Waals surface area contributed by atoms with Gasteiger partial charge in [-0.1, -0.05) is 49.6 Å². The van der Waals surface area contributed by atoms with E-state index >= 15 is 0 Å². The number of phenolic OH excluding ortho intramolecular Hbond substituents is 2. The smallest absolute Gasteiger partial charge is 0.408 e. The highest BCUT2D eigenvalue weighted by Crippen LogP contribution is 2.31. The summed E-state index contributed by atoms with van der Waals surface area (Å²) in [4.78, 5) is 42.0. The molecule has 0 heterocycles. The number of hydrogen-bond donors (Lipinski definition) is 4. The molecule has 0 radical (unpaired) electrons. The molecule has 0 spiro atoms. The number of amides is 3. The van der Waals surface area contributed by atoms with Gasteiger partial charge in [0.2, 0.25) is 11.8 Å². The van der Waals surface area contributed by atoms with Gasteiger partial charge in [0, 0.05) is 24.6 Å². The first-order valence-electron chi connectivity index (χ1n) is 13.6. The number of ether oxygens (including phenoxy) is 1. The largest absolute Gasteiger partial charge is 0.508 e. The molecule has 2 aromatic carbocycles. The minimum absolute atomic E-state index is 0.00101. The monoisotopic (exact) mass is 539 g/mol. The first-order valence-corrected chi connectivity index (χ1v) is 13.6. The Hall–Kier alpha value is -3.75. The summed E-state index contributed by atoms with van der Waals surface area (Å²) in [6, 6.07) is 10.7. The van der Waals surface area contributed by atoms with E-state index in [1.807, 2.05) is 0 Å². The van der Waals surface area contributed by atoms with Gasteiger partial charge in [-0.05, 0) is 64.3 Å². The second-order valence-electron chi connectivity index (χ2n) is 11.0. The summed E-state index contributed by atoms with van der Waals surface area (Å²) in [5.41, 5.74) is 0.226. The van der Waals surface area contributed by atoms with Gasteiger partial charge in [-0.15, -0.1) is 0 Å². The van der Waals surface area contributed by atoms with Crippen LogP contribution in [-0.4, -0.2) is 57.3 Å². The highest BCUT2D eigenvalue weighted by Gasteiger charge is 2.37. The van der Waals surface area contributed by atoms with Crippen LogP contribution in [0.3, 0.4) is 0 Å². The Morgan fingerprint density at radius 2 is 1.64 bits per heavy atom. The summed E-state index contributed by atoms with van der Waals surface area (Å²) in [6.07, 6.45) is 4.25. The lowest BCUT2D eigenvalue weighted by atomic mass is 9.94. The van der Waals surface area contributed by atoms with Gasteiger partial charge in [-0.25, -0.2) is 4.79 Å². The number of hydrogen-bond acceptors (Lipinski definition) is 6. The van der Waals surface area contributed by atoms with Crippen molar-refractivity contribution in [2.45, 2.75) is 89.9 Å². The third-order valence-electron chi connectivity index (χ3n) is 6.73. The van der Waals surface area contributed by atoms with E-state index in [1.54, 1.807) is 58.0 Å². The molecule has 9 heteroatoms. The van der Waals surface area contributed by atoms with E-state index in [9.17, 15) is 24.6 Å². The van der Waals surface area contributed by atoms with Crippen molar-refractivity contribution in [3.8, 4) is 11.5 Å². The lowest BCUT2D eigenvalue weighted by Crippen LogP contribution is -2.54. The van der Waals surface area contributed by atoms with Crippen LogP contribution in [0.15, 0.2) is 48.5 Å². The molecule has 1 saturated carbocycles. The second kappa shape index (κ2) is 13.4. The number of benzene rings is 2. The van der Waals surface area contributed by atoms with Crippen LogP contribution in [0.2, 0.25) is 0 Å². The lowest BCUT2D eigenvalue weighted by molar-refractivity contribution is -0.142. The maximum atomic E-state index is 14.1. The lowest BCUT2D eigenvalue weighted by Gasteiger charge is -2.35. The first kappa shape index (κ1) is 29.8. The van der Waals surface area contributed by atoms with E-state index in [-0.39, 0.29) is 36.4 Å². The van der Waals surface area contributed by atoms with Gasteiger partial charge in [0.05, 0.1) is 0 Å². The van der Waals surface area contributed by atoms with Crippen molar-refractivity contribution >= 4 is 17.9 Å². The minimum atomic E-state index is -1.10. The van der Waals surface area contributed by atoms with E-state index in [4.69, 9.17) is 4.74 Å². The van der Waals surface area contributed by atoms with Crippen LogP contribution in [0.25, 0.3) is 0 Å². The molecule has 2 unspecified atom stereocenters. The molecular formula is C30H41N3O6. The van der Waals surface area contributed by atoms with Crippen LogP contribution >= 0.6 is 0 Å². The minimum Gasteiger partial charge on any atom is -0.508 e. The third kappa shape index (κ3) is 8.63. The Morgan fingerprint density at radius 1 is 1.00 bits per heavy atom. The molecule has 2 aromatic rings. The van der Waals surface area contributed by atoms with Crippen molar-refractivity contribution in [1.82, 2.24) is 15.5 Å². The molecule has 0 aromatic heterocycles. The van der Waals surface area contributed by atoms with Crippen LogP contribution in [0.1, 0.15) is 77.0 Å². The first-order chi connectivity index (χ1) is 18.5. The molecule has 1 aliphatic rings. The number of para-hydroxylation sites is 1. The summed E-state index contributed by atoms with van der Waals surface area (Å²) in [6.45, 7) is 7.09. The third-order valence-corrected chi connectivity index (χ3v) is 6.73. The summed E-state index contributed by atoms with van der Waals surface area (Å²) < 4.78 is 5.42. The van der Waals surface area contributed by atoms with Crippen molar-refractivity contribution < 1.29 is 29.3 Å². The van der Waals surface area contributed by atoms with Crippen molar-refractivity contribution in [1.29, 1.82) is 0 Å². The van der Waals surface area contributed by atoms with Crippen molar-refractivity contribution in [2.75, 3.05) is 6.54 Å². The maximum absolute atomic E-state index is 14.1. The van der Waals surface area contributed by atoms with Crippen molar-refractivity contribution in [3.05, 3.63) is 59.7 Å². The predicted octanol–water partition coefficient (Wildman–Crippen LogP) is 4.57. The molecule has 0 aliphatic heterocycles. The Bertz CT molecular complexity index is 1120. The molecule has 3 rings (SSSR count). The number of carbonyl (C=O) groups excluding carboxylic acids is 3. The van der Waals surface area contributed by atoms with Gasteiger partial charge >= 0.3 is 6.09 Å². The standard InChI is InChI=1S/C30H41N3O6/c1-5-33(26(23-13-9-10-14-25(23)35)27(36)31-21-11-7-6-8-12-21)28(37)24(32-29(38)39-30(2,3)4)19-20-15-17-22(34)18-16-20/h9-10,13-18,21,24,26,34-35H,5-8,11-12,19H2,1-4H3,(H,31,36)(H,32,38). The fraction of sp³-hybridized carbons (Fsp3) is 0.500. The average molecular weight is 540 g/mol. The van der Waals surface area contributed by atoms with Crippen LogP contribution < -0.4 is 10.6 Å². The zero-order valence-electron chi connectivity index (χ0n) is 23.3. The number of likely N-dealkylation sites (N-methyl/N-ethyl adjacent to an activating group) is 1. The van der Waals surface area contributed by atoms with E-state index < -0.39 is 29.7 Å². The van der Waals surface area contributed by atoms with Gasteiger partial charge in [0.1, 0.15) is 29.2 Å². The molecule has 9 nitrogen and oxygen atoms in total. The molecule has 4 N–H and O–H groups in total. The number of phenols is 2. The maximum Gasteiger partial charge on any atom is 0.408 e. The zero-order valence-corrected chi connectivity index (χ0v) is 23.3. The Morgan fingerprint density at radius 3 is 2.23 bits per heavy atom.